The van der Waals surface area contributed by atoms with Gasteiger partial charge in [0.2, 0.25) is 5.91 Å². The largest absolute Gasteiger partial charge is 0.465 e. The van der Waals surface area contributed by atoms with E-state index in [0.29, 0.717) is 11.3 Å². The van der Waals surface area contributed by atoms with Crippen molar-refractivity contribution in [3.8, 4) is 0 Å². The van der Waals surface area contributed by atoms with E-state index >= 15 is 0 Å². The fourth-order valence-corrected chi connectivity index (χ4v) is 1.54. The molecule has 1 N–H and O–H groups in total. The lowest BCUT2D eigenvalue weighted by Crippen LogP contribution is -2.28. The van der Waals surface area contributed by atoms with Crippen molar-refractivity contribution < 1.29 is 19.1 Å². The maximum absolute atomic E-state index is 11.9. The molecule has 0 aliphatic heterocycles. The third kappa shape index (κ3) is 4.19. The molecule has 0 saturated heterocycles. The molecule has 1 aromatic carbocycles. The fourth-order valence-electron chi connectivity index (χ4n) is 1.54. The molecular weight excluding hydrogens is 258 g/mol. The molecule has 0 unspecified atom stereocenters. The third-order valence-electron chi connectivity index (χ3n) is 3.15. The number of Topliss-reactive ketones (excluding diaryl/α,β-unsaturated/α-hetero) is 1. The summed E-state index contributed by atoms with van der Waals surface area (Å²) < 4.78 is 4.59. The molecule has 5 nitrogen and oxygen atoms in total. The summed E-state index contributed by atoms with van der Waals surface area (Å²) in [7, 11) is 1.31. The number of methoxy groups -OCH3 is 1. The van der Waals surface area contributed by atoms with Crippen LogP contribution in [-0.2, 0) is 14.3 Å². The number of ketones is 1. The SMILES string of the molecule is COC(=O)c1ccc(NC(=O)CC(C)(C)C(C)=O)cc1. The van der Waals surface area contributed by atoms with Crippen molar-refractivity contribution in [3.63, 3.8) is 0 Å². The normalized spacial score (nSPS) is 10.8. The van der Waals surface area contributed by atoms with Crippen molar-refractivity contribution in [3.05, 3.63) is 29.8 Å². The van der Waals surface area contributed by atoms with Gasteiger partial charge in [0, 0.05) is 17.5 Å². The molecule has 0 aliphatic carbocycles. The van der Waals surface area contributed by atoms with E-state index in [0.717, 1.165) is 0 Å². The van der Waals surface area contributed by atoms with Gasteiger partial charge in [-0.1, -0.05) is 13.8 Å². The van der Waals surface area contributed by atoms with Crippen LogP contribution in [-0.4, -0.2) is 24.8 Å². The summed E-state index contributed by atoms with van der Waals surface area (Å²) in [6, 6.07) is 6.37. The lowest BCUT2D eigenvalue weighted by molar-refractivity contribution is -0.129. The van der Waals surface area contributed by atoms with Gasteiger partial charge >= 0.3 is 5.97 Å². The molecule has 0 spiro atoms. The summed E-state index contributed by atoms with van der Waals surface area (Å²) in [6.07, 6.45) is 0.112. The summed E-state index contributed by atoms with van der Waals surface area (Å²) in [5, 5.41) is 2.69. The summed E-state index contributed by atoms with van der Waals surface area (Å²) in [6.45, 7) is 4.93. The lowest BCUT2D eigenvalue weighted by Gasteiger charge is -2.20. The van der Waals surface area contributed by atoms with E-state index < -0.39 is 11.4 Å². The molecular formula is C15H19NO4. The highest BCUT2D eigenvalue weighted by Crippen LogP contribution is 2.22. The van der Waals surface area contributed by atoms with Gasteiger partial charge in [0.25, 0.3) is 0 Å². The topological polar surface area (TPSA) is 72.5 Å². The van der Waals surface area contributed by atoms with Crippen LogP contribution >= 0.6 is 0 Å². The van der Waals surface area contributed by atoms with Gasteiger partial charge in [0.1, 0.15) is 5.78 Å². The number of amides is 1. The van der Waals surface area contributed by atoms with Gasteiger partial charge in [0.05, 0.1) is 12.7 Å². The minimum absolute atomic E-state index is 0.0336. The van der Waals surface area contributed by atoms with Crippen molar-refractivity contribution in [2.24, 2.45) is 5.41 Å². The number of nitrogens with one attached hydrogen (secondary N) is 1. The van der Waals surface area contributed by atoms with Crippen LogP contribution in [0.15, 0.2) is 24.3 Å². The molecule has 1 rings (SSSR count). The summed E-state index contributed by atoms with van der Waals surface area (Å²) in [4.78, 5) is 34.5. The molecule has 1 amide bonds. The molecule has 0 aliphatic rings. The van der Waals surface area contributed by atoms with Crippen LogP contribution in [0.3, 0.4) is 0 Å². The first-order valence-electron chi connectivity index (χ1n) is 6.25. The lowest BCUT2D eigenvalue weighted by atomic mass is 9.85. The van der Waals surface area contributed by atoms with Gasteiger partial charge in [-0.2, -0.15) is 0 Å². The quantitative estimate of drug-likeness (QED) is 0.839. The number of carbonyl (C=O) groups is 3. The minimum atomic E-state index is -0.684. The second-order valence-corrected chi connectivity index (χ2v) is 5.23. The van der Waals surface area contributed by atoms with E-state index in [-0.39, 0.29) is 18.1 Å². The van der Waals surface area contributed by atoms with Crippen LogP contribution in [0, 0.1) is 5.41 Å². The number of rotatable bonds is 5. The Bertz CT molecular complexity index is 517. The molecule has 0 bridgehead atoms. The second kappa shape index (κ2) is 6.32. The molecule has 0 saturated carbocycles. The Labute approximate surface area is 118 Å². The van der Waals surface area contributed by atoms with Crippen LogP contribution in [0.5, 0.6) is 0 Å². The fraction of sp³-hybridized carbons (Fsp3) is 0.400. The number of hydrogen-bond donors (Lipinski definition) is 1. The third-order valence-corrected chi connectivity index (χ3v) is 3.15. The predicted octanol–water partition coefficient (Wildman–Crippen LogP) is 2.42. The van der Waals surface area contributed by atoms with Crippen molar-refractivity contribution in [1.82, 2.24) is 0 Å². The van der Waals surface area contributed by atoms with Gasteiger partial charge in [-0.25, -0.2) is 4.79 Å². The molecule has 0 atom stereocenters. The standard InChI is InChI=1S/C15H19NO4/c1-10(17)15(2,3)9-13(18)16-12-7-5-11(6-8-12)14(19)20-4/h5-8H,9H2,1-4H3,(H,16,18). The van der Waals surface area contributed by atoms with Gasteiger partial charge in [0.15, 0.2) is 0 Å². The first kappa shape index (κ1) is 15.9. The van der Waals surface area contributed by atoms with E-state index in [1.807, 2.05) is 0 Å². The van der Waals surface area contributed by atoms with Crippen LogP contribution in [0.25, 0.3) is 0 Å². The Hall–Kier alpha value is -2.17. The smallest absolute Gasteiger partial charge is 0.337 e. The van der Waals surface area contributed by atoms with Crippen LogP contribution in [0.4, 0.5) is 5.69 Å². The van der Waals surface area contributed by atoms with Crippen molar-refractivity contribution in [2.45, 2.75) is 27.2 Å². The molecule has 0 aromatic heterocycles. The van der Waals surface area contributed by atoms with E-state index in [1.54, 1.807) is 38.1 Å². The average Bonchev–Trinajstić information content (AvgIpc) is 2.37. The highest BCUT2D eigenvalue weighted by molar-refractivity contribution is 5.96. The molecule has 0 radical (unpaired) electrons. The Balaban J connectivity index is 2.68. The summed E-state index contributed by atoms with van der Waals surface area (Å²) in [5.41, 5.74) is 0.298. The van der Waals surface area contributed by atoms with Crippen LogP contribution < -0.4 is 5.32 Å². The first-order valence-corrected chi connectivity index (χ1v) is 6.25. The number of esters is 1. The van der Waals surface area contributed by atoms with Crippen LogP contribution in [0.1, 0.15) is 37.6 Å². The number of carbonyl (C=O) groups excluding carboxylic acids is 3. The first-order chi connectivity index (χ1) is 9.26. The van der Waals surface area contributed by atoms with Gasteiger partial charge in [-0.3, -0.25) is 9.59 Å². The number of benzene rings is 1. The van der Waals surface area contributed by atoms with Crippen LogP contribution in [0.2, 0.25) is 0 Å². The zero-order chi connectivity index (χ0) is 15.3. The summed E-state index contributed by atoms with van der Waals surface area (Å²) in [5.74, 6) is -0.703. The molecule has 20 heavy (non-hydrogen) atoms. The maximum atomic E-state index is 11.9. The molecule has 0 fully saturated rings. The van der Waals surface area contributed by atoms with Crippen molar-refractivity contribution in [1.29, 1.82) is 0 Å². The van der Waals surface area contributed by atoms with Crippen molar-refractivity contribution >= 4 is 23.3 Å². The van der Waals surface area contributed by atoms with E-state index in [4.69, 9.17) is 0 Å². The molecule has 108 valence electrons. The zero-order valence-corrected chi connectivity index (χ0v) is 12.1. The van der Waals surface area contributed by atoms with E-state index in [9.17, 15) is 14.4 Å². The minimum Gasteiger partial charge on any atom is -0.465 e. The monoisotopic (exact) mass is 277 g/mol. The van der Waals surface area contributed by atoms with E-state index in [2.05, 4.69) is 10.1 Å². The Morgan fingerprint density at radius 1 is 1.15 bits per heavy atom. The average molecular weight is 277 g/mol. The molecule has 5 heteroatoms. The highest BCUT2D eigenvalue weighted by Gasteiger charge is 2.26. The Kier molecular flexibility index (Phi) is 5.02. The van der Waals surface area contributed by atoms with Gasteiger partial charge in [-0.05, 0) is 31.2 Å². The number of ether oxygens (including phenoxy) is 1. The highest BCUT2D eigenvalue weighted by atomic mass is 16.5. The molecule has 0 heterocycles. The number of hydrogen-bond acceptors (Lipinski definition) is 4. The van der Waals surface area contributed by atoms with Gasteiger partial charge < -0.3 is 10.1 Å². The van der Waals surface area contributed by atoms with Gasteiger partial charge in [-0.15, -0.1) is 0 Å². The van der Waals surface area contributed by atoms with Crippen molar-refractivity contribution in [2.75, 3.05) is 12.4 Å². The predicted molar refractivity (Wildman–Crippen MR) is 75.5 cm³/mol. The second-order valence-electron chi connectivity index (χ2n) is 5.23. The van der Waals surface area contributed by atoms with E-state index in [1.165, 1.54) is 14.0 Å². The Morgan fingerprint density at radius 2 is 1.70 bits per heavy atom. The Morgan fingerprint density at radius 3 is 2.15 bits per heavy atom. The summed E-state index contributed by atoms with van der Waals surface area (Å²) >= 11 is 0. The zero-order valence-electron chi connectivity index (χ0n) is 12.1. The maximum Gasteiger partial charge on any atom is 0.337 e. The number of anilines is 1. The molecule has 1 aromatic rings.